The molecule has 1 aliphatic carbocycles. The third kappa shape index (κ3) is 4.18. The average Bonchev–Trinajstić information content (AvgIpc) is 3.05. The molecule has 1 N–H and O–H groups in total. The normalized spacial score (nSPS) is 16.8. The number of halogens is 4. The van der Waals surface area contributed by atoms with Gasteiger partial charge in [0.15, 0.2) is 10.9 Å². The van der Waals surface area contributed by atoms with Gasteiger partial charge in [0.05, 0.1) is 23.9 Å². The SMILES string of the molecule is CNC(=O)COCc1ccc(N2C(=S)N(c3ccc(C#N)c(C(F)(F)F)c3F)C(=O)C23CCC3)cc1. The first-order chi connectivity index (χ1) is 17.0. The number of ether oxygens (including phenoxy) is 1. The van der Waals surface area contributed by atoms with Gasteiger partial charge < -0.3 is 15.0 Å². The summed E-state index contributed by atoms with van der Waals surface area (Å²) in [5, 5.41) is 11.3. The standard InChI is InChI=1S/C24H20F4N4O3S/c1-30-18(33)13-35-12-14-3-6-16(7-4-14)32-22(36)31(21(34)23(32)9-2-10-23)17-8-5-15(11-29)19(20(17)25)24(26,27)28/h3-8H,2,9-10,12-13H2,1H3,(H,30,33). The van der Waals surface area contributed by atoms with Crippen molar-refractivity contribution in [1.82, 2.24) is 5.32 Å². The molecule has 4 rings (SSSR count). The molecular weight excluding hydrogens is 500 g/mol. The minimum Gasteiger partial charge on any atom is -0.367 e. The Kier molecular flexibility index (Phi) is 6.72. The van der Waals surface area contributed by atoms with Gasteiger partial charge in [0.1, 0.15) is 17.7 Å². The van der Waals surface area contributed by atoms with Crippen LogP contribution in [0.25, 0.3) is 0 Å². The van der Waals surface area contributed by atoms with Crippen molar-refractivity contribution in [3.05, 3.63) is 58.9 Å². The van der Waals surface area contributed by atoms with Gasteiger partial charge >= 0.3 is 6.18 Å². The van der Waals surface area contributed by atoms with E-state index in [0.717, 1.165) is 22.6 Å². The molecule has 0 radical (unpaired) electrons. The first kappa shape index (κ1) is 25.5. The van der Waals surface area contributed by atoms with Crippen LogP contribution in [-0.4, -0.2) is 36.1 Å². The fraction of sp³-hybridized carbons (Fsp3) is 0.333. The van der Waals surface area contributed by atoms with Crippen LogP contribution in [0.15, 0.2) is 36.4 Å². The zero-order chi connectivity index (χ0) is 26.3. The lowest BCUT2D eigenvalue weighted by atomic mass is 9.75. The Balaban J connectivity index is 1.68. The lowest BCUT2D eigenvalue weighted by Gasteiger charge is -2.43. The number of nitrogens with zero attached hydrogens (tertiary/aromatic N) is 3. The van der Waals surface area contributed by atoms with Crippen LogP contribution in [0.4, 0.5) is 28.9 Å². The van der Waals surface area contributed by atoms with Crippen LogP contribution in [0, 0.1) is 17.1 Å². The summed E-state index contributed by atoms with van der Waals surface area (Å²) >= 11 is 5.50. The molecule has 2 fully saturated rings. The van der Waals surface area contributed by atoms with Gasteiger partial charge in [-0.15, -0.1) is 0 Å². The molecule has 1 saturated heterocycles. The van der Waals surface area contributed by atoms with Crippen LogP contribution >= 0.6 is 12.2 Å². The van der Waals surface area contributed by atoms with Gasteiger partial charge in [0.2, 0.25) is 5.91 Å². The Morgan fingerprint density at radius 3 is 2.42 bits per heavy atom. The zero-order valence-electron chi connectivity index (χ0n) is 19.0. The molecule has 0 bridgehead atoms. The minimum absolute atomic E-state index is 0.114. The van der Waals surface area contributed by atoms with E-state index in [4.69, 9.17) is 22.2 Å². The van der Waals surface area contributed by atoms with Crippen LogP contribution in [0.2, 0.25) is 0 Å². The predicted molar refractivity (Wildman–Crippen MR) is 125 cm³/mol. The Hall–Kier alpha value is -3.56. The Labute approximate surface area is 209 Å². The number of thiocarbonyl (C=S) groups is 1. The summed E-state index contributed by atoms with van der Waals surface area (Å²) < 4.78 is 61.2. The molecule has 1 saturated carbocycles. The molecular formula is C24H20F4N4O3S. The number of amides is 2. The van der Waals surface area contributed by atoms with E-state index in [1.165, 1.54) is 13.1 Å². The molecule has 0 atom stereocenters. The molecule has 7 nitrogen and oxygen atoms in total. The summed E-state index contributed by atoms with van der Waals surface area (Å²) in [7, 11) is 1.49. The van der Waals surface area contributed by atoms with Crippen molar-refractivity contribution in [3.8, 4) is 6.07 Å². The highest BCUT2D eigenvalue weighted by molar-refractivity contribution is 7.81. The summed E-state index contributed by atoms with van der Waals surface area (Å²) in [4.78, 5) is 27.1. The molecule has 12 heteroatoms. The Bertz CT molecular complexity index is 1270. The fourth-order valence-electron chi connectivity index (χ4n) is 4.38. The highest BCUT2D eigenvalue weighted by Gasteiger charge is 2.60. The maximum absolute atomic E-state index is 15.2. The van der Waals surface area contributed by atoms with E-state index in [1.54, 1.807) is 29.2 Å². The molecule has 0 unspecified atom stereocenters. The fourth-order valence-corrected chi connectivity index (χ4v) is 4.84. The molecule has 1 spiro atoms. The van der Waals surface area contributed by atoms with Crippen molar-refractivity contribution >= 4 is 40.5 Å². The number of nitriles is 1. The number of anilines is 2. The molecule has 2 aromatic carbocycles. The number of alkyl halides is 3. The van der Waals surface area contributed by atoms with Crippen molar-refractivity contribution in [2.75, 3.05) is 23.5 Å². The molecule has 36 heavy (non-hydrogen) atoms. The van der Waals surface area contributed by atoms with Gasteiger partial charge in [-0.25, -0.2) is 4.39 Å². The third-order valence-electron chi connectivity index (χ3n) is 6.33. The van der Waals surface area contributed by atoms with Crippen molar-refractivity contribution in [2.24, 2.45) is 0 Å². The number of benzene rings is 2. The molecule has 0 aromatic heterocycles. The average molecular weight is 521 g/mol. The van der Waals surface area contributed by atoms with E-state index >= 15 is 4.39 Å². The summed E-state index contributed by atoms with van der Waals surface area (Å²) in [6, 6.07) is 9.93. The monoisotopic (exact) mass is 520 g/mol. The lowest BCUT2D eigenvalue weighted by Crippen LogP contribution is -2.55. The molecule has 188 valence electrons. The Morgan fingerprint density at radius 1 is 1.22 bits per heavy atom. The summed E-state index contributed by atoms with van der Waals surface area (Å²) in [5.74, 6) is -2.62. The van der Waals surface area contributed by atoms with E-state index in [9.17, 15) is 22.8 Å². The van der Waals surface area contributed by atoms with Crippen LogP contribution in [0.1, 0.15) is 36.0 Å². The van der Waals surface area contributed by atoms with Gasteiger partial charge in [-0.2, -0.15) is 18.4 Å². The third-order valence-corrected chi connectivity index (χ3v) is 6.70. The number of rotatable bonds is 6. The summed E-state index contributed by atoms with van der Waals surface area (Å²) in [5.41, 5.74) is -3.15. The van der Waals surface area contributed by atoms with Crippen LogP contribution < -0.4 is 15.1 Å². The highest BCUT2D eigenvalue weighted by Crippen LogP contribution is 2.49. The first-order valence-corrected chi connectivity index (χ1v) is 11.3. The topological polar surface area (TPSA) is 85.7 Å². The number of carbonyl (C=O) groups excluding carboxylic acids is 2. The van der Waals surface area contributed by atoms with Crippen LogP contribution in [-0.2, 0) is 27.1 Å². The number of hydrogen-bond donors (Lipinski definition) is 1. The van der Waals surface area contributed by atoms with Gasteiger partial charge in [-0.1, -0.05) is 12.1 Å². The van der Waals surface area contributed by atoms with E-state index < -0.39 is 40.3 Å². The van der Waals surface area contributed by atoms with Crippen LogP contribution in [0.5, 0.6) is 0 Å². The second kappa shape index (κ2) is 9.48. The van der Waals surface area contributed by atoms with Gasteiger partial charge in [-0.05, 0) is 61.3 Å². The van der Waals surface area contributed by atoms with Gasteiger partial charge in [0, 0.05) is 12.7 Å². The van der Waals surface area contributed by atoms with Crippen molar-refractivity contribution in [3.63, 3.8) is 0 Å². The number of likely N-dealkylation sites (N-methyl/N-ethyl adjacent to an activating group) is 1. The zero-order valence-corrected chi connectivity index (χ0v) is 19.8. The van der Waals surface area contributed by atoms with Crippen LogP contribution in [0.3, 0.4) is 0 Å². The Morgan fingerprint density at radius 2 is 1.89 bits per heavy atom. The second-order valence-electron chi connectivity index (χ2n) is 8.41. The molecule has 2 aromatic rings. The largest absolute Gasteiger partial charge is 0.420 e. The van der Waals surface area contributed by atoms with Gasteiger partial charge in [0.25, 0.3) is 5.91 Å². The lowest BCUT2D eigenvalue weighted by molar-refractivity contribution is -0.140. The molecule has 1 aliphatic heterocycles. The minimum atomic E-state index is -5.14. The maximum atomic E-state index is 15.2. The predicted octanol–water partition coefficient (Wildman–Crippen LogP) is 4.04. The summed E-state index contributed by atoms with van der Waals surface area (Å²) in [6.45, 7) is 0.0438. The van der Waals surface area contributed by atoms with E-state index in [2.05, 4.69) is 5.32 Å². The molecule has 2 amide bonds. The molecule has 1 heterocycles. The van der Waals surface area contributed by atoms with E-state index in [0.29, 0.717) is 24.9 Å². The van der Waals surface area contributed by atoms with Crippen molar-refractivity contribution in [1.29, 1.82) is 5.26 Å². The molecule has 2 aliphatic rings. The van der Waals surface area contributed by atoms with E-state index in [-0.39, 0.29) is 24.2 Å². The van der Waals surface area contributed by atoms with Crippen molar-refractivity contribution in [2.45, 2.75) is 37.6 Å². The number of carbonyl (C=O) groups is 2. The van der Waals surface area contributed by atoms with E-state index in [1.807, 2.05) is 0 Å². The summed E-state index contributed by atoms with van der Waals surface area (Å²) in [6.07, 6.45) is -3.67. The first-order valence-electron chi connectivity index (χ1n) is 10.9. The second-order valence-corrected chi connectivity index (χ2v) is 8.77. The highest BCUT2D eigenvalue weighted by atomic mass is 32.1. The van der Waals surface area contributed by atoms with Crippen molar-refractivity contribution < 1.29 is 31.9 Å². The smallest absolute Gasteiger partial charge is 0.367 e. The number of nitrogens with one attached hydrogen (secondary N) is 1. The van der Waals surface area contributed by atoms with Gasteiger partial charge in [-0.3, -0.25) is 14.5 Å². The quantitative estimate of drug-likeness (QED) is 0.457. The maximum Gasteiger partial charge on any atom is 0.420 e. The number of hydrogen-bond acceptors (Lipinski definition) is 5.